The van der Waals surface area contributed by atoms with Gasteiger partial charge in [0.1, 0.15) is 46.0 Å². The zero-order valence-corrected chi connectivity index (χ0v) is 15.3. The fraction of sp³-hybridized carbons (Fsp3) is 0.286. The summed E-state index contributed by atoms with van der Waals surface area (Å²) in [5, 5.41) is 20.1. The van der Waals surface area contributed by atoms with Crippen LogP contribution < -0.4 is 14.2 Å². The van der Waals surface area contributed by atoms with Crippen molar-refractivity contribution in [2.45, 2.75) is 32.0 Å². The van der Waals surface area contributed by atoms with Crippen LogP contribution in [0.3, 0.4) is 0 Å². The molecule has 4 rings (SSSR count). The molecule has 0 fully saturated rings. The van der Waals surface area contributed by atoms with Gasteiger partial charge in [-0.3, -0.25) is 4.79 Å². The molecule has 0 aliphatic carbocycles. The van der Waals surface area contributed by atoms with Crippen LogP contribution in [0, 0.1) is 0 Å². The van der Waals surface area contributed by atoms with Crippen LogP contribution in [0.4, 0.5) is 0 Å². The van der Waals surface area contributed by atoms with Gasteiger partial charge >= 0.3 is 0 Å². The molecule has 2 N–H and O–H groups in total. The van der Waals surface area contributed by atoms with Gasteiger partial charge in [0.2, 0.25) is 0 Å². The third-order valence-corrected chi connectivity index (χ3v) is 4.76. The second-order valence-corrected chi connectivity index (χ2v) is 7.21. The van der Waals surface area contributed by atoms with E-state index in [1.807, 2.05) is 26.0 Å². The molecule has 2 aliphatic rings. The minimum Gasteiger partial charge on any atom is -0.508 e. The average Bonchev–Trinajstić information content (AvgIpc) is 2.59. The predicted octanol–water partition coefficient (Wildman–Crippen LogP) is 4.00. The Morgan fingerprint density at radius 3 is 2.74 bits per heavy atom. The standard InChI is InChI=1S/C21H20O6/c1-21(2)7-6-13-18(27-21)10-15(24)19-14(23)9-17(26-20(13)19)12-5-4-11(22)8-16(12)25-3/h4-8,10,17,22,24H,9H2,1-3H3. The number of aromatic hydroxyl groups is 2. The summed E-state index contributed by atoms with van der Waals surface area (Å²) in [6, 6.07) is 6.12. The molecule has 2 aromatic rings. The Morgan fingerprint density at radius 1 is 1.22 bits per heavy atom. The van der Waals surface area contributed by atoms with Crippen molar-refractivity contribution in [2.75, 3.05) is 7.11 Å². The molecule has 0 aromatic heterocycles. The monoisotopic (exact) mass is 368 g/mol. The first kappa shape index (κ1) is 17.3. The van der Waals surface area contributed by atoms with Gasteiger partial charge in [-0.15, -0.1) is 0 Å². The van der Waals surface area contributed by atoms with E-state index in [4.69, 9.17) is 14.2 Å². The Hall–Kier alpha value is -3.15. The highest BCUT2D eigenvalue weighted by Gasteiger charge is 2.36. The third-order valence-electron chi connectivity index (χ3n) is 4.76. The van der Waals surface area contributed by atoms with Gasteiger partial charge in [0, 0.05) is 17.7 Å². The number of Topliss-reactive ketones (excluding diaryl/α,β-unsaturated/α-hetero) is 1. The number of benzene rings is 2. The van der Waals surface area contributed by atoms with E-state index >= 15 is 0 Å². The Kier molecular flexibility index (Phi) is 3.80. The molecule has 0 radical (unpaired) electrons. The van der Waals surface area contributed by atoms with Crippen molar-refractivity contribution in [3.63, 3.8) is 0 Å². The van der Waals surface area contributed by atoms with E-state index in [0.717, 1.165) is 0 Å². The van der Waals surface area contributed by atoms with Crippen LogP contribution in [0.15, 0.2) is 30.3 Å². The average molecular weight is 368 g/mol. The zero-order valence-electron chi connectivity index (χ0n) is 15.3. The Balaban J connectivity index is 1.83. The lowest BCUT2D eigenvalue weighted by Gasteiger charge is -2.33. The summed E-state index contributed by atoms with van der Waals surface area (Å²) in [6.07, 6.45) is 3.18. The van der Waals surface area contributed by atoms with Gasteiger partial charge in [-0.25, -0.2) is 0 Å². The van der Waals surface area contributed by atoms with Crippen LogP contribution in [0.1, 0.15) is 47.9 Å². The van der Waals surface area contributed by atoms with Crippen LogP contribution >= 0.6 is 0 Å². The molecular formula is C21H20O6. The van der Waals surface area contributed by atoms with E-state index in [9.17, 15) is 15.0 Å². The summed E-state index contributed by atoms with van der Waals surface area (Å²) < 4.78 is 17.4. The van der Waals surface area contributed by atoms with Gasteiger partial charge in [0.05, 0.1) is 19.1 Å². The summed E-state index contributed by atoms with van der Waals surface area (Å²) in [5.74, 6) is 0.869. The molecule has 6 heteroatoms. The Labute approximate surface area is 156 Å². The van der Waals surface area contributed by atoms with Gasteiger partial charge in [-0.1, -0.05) is 0 Å². The molecule has 1 unspecified atom stereocenters. The molecule has 0 saturated carbocycles. The van der Waals surface area contributed by atoms with E-state index in [1.54, 1.807) is 6.07 Å². The molecule has 2 aliphatic heterocycles. The molecule has 27 heavy (non-hydrogen) atoms. The second-order valence-electron chi connectivity index (χ2n) is 7.21. The minimum atomic E-state index is -0.602. The molecule has 6 nitrogen and oxygen atoms in total. The lowest BCUT2D eigenvalue weighted by molar-refractivity contribution is 0.0838. The van der Waals surface area contributed by atoms with Crippen LogP contribution in [0.25, 0.3) is 6.08 Å². The lowest BCUT2D eigenvalue weighted by atomic mass is 9.91. The van der Waals surface area contributed by atoms with E-state index in [2.05, 4.69) is 0 Å². The van der Waals surface area contributed by atoms with E-state index < -0.39 is 11.7 Å². The van der Waals surface area contributed by atoms with Gasteiger partial charge < -0.3 is 24.4 Å². The molecular weight excluding hydrogens is 348 g/mol. The van der Waals surface area contributed by atoms with Crippen LogP contribution in [0.5, 0.6) is 28.7 Å². The normalized spacial score (nSPS) is 19.5. The maximum Gasteiger partial charge on any atom is 0.174 e. The first-order chi connectivity index (χ1) is 12.8. The lowest BCUT2D eigenvalue weighted by Crippen LogP contribution is -2.29. The Morgan fingerprint density at radius 2 is 2.00 bits per heavy atom. The van der Waals surface area contributed by atoms with Crippen LogP contribution in [-0.4, -0.2) is 28.7 Å². The number of hydrogen-bond acceptors (Lipinski definition) is 6. The van der Waals surface area contributed by atoms with Gasteiger partial charge in [-0.2, -0.15) is 0 Å². The Bertz CT molecular complexity index is 973. The van der Waals surface area contributed by atoms with Crippen molar-refractivity contribution >= 4 is 11.9 Å². The van der Waals surface area contributed by atoms with Crippen LogP contribution in [-0.2, 0) is 0 Å². The van der Waals surface area contributed by atoms with E-state index in [0.29, 0.717) is 28.4 Å². The number of fused-ring (bicyclic) bond motifs is 3. The number of ketones is 1. The maximum atomic E-state index is 12.8. The summed E-state index contributed by atoms with van der Waals surface area (Å²) in [5.41, 5.74) is 0.910. The quantitative estimate of drug-likeness (QED) is 0.833. The molecule has 0 bridgehead atoms. The topological polar surface area (TPSA) is 85.2 Å². The summed E-state index contributed by atoms with van der Waals surface area (Å²) in [7, 11) is 1.49. The third kappa shape index (κ3) is 2.87. The number of phenols is 2. The molecule has 140 valence electrons. The number of carbonyl (C=O) groups excluding carboxylic acids is 1. The highest BCUT2D eigenvalue weighted by molar-refractivity contribution is 6.04. The molecule has 0 amide bonds. The van der Waals surface area contributed by atoms with E-state index in [1.165, 1.54) is 25.3 Å². The number of ether oxygens (including phenoxy) is 3. The number of methoxy groups -OCH3 is 1. The summed E-state index contributed by atoms with van der Waals surface area (Å²) in [4.78, 5) is 12.8. The first-order valence-corrected chi connectivity index (χ1v) is 8.64. The fourth-order valence-corrected chi connectivity index (χ4v) is 3.47. The SMILES string of the molecule is COc1cc(O)ccc1C1CC(=O)c2c(O)cc3c(c2O1)C=CC(C)(C)O3. The summed E-state index contributed by atoms with van der Waals surface area (Å²) in [6.45, 7) is 3.80. The van der Waals surface area contributed by atoms with Crippen molar-refractivity contribution in [3.05, 3.63) is 47.0 Å². The van der Waals surface area contributed by atoms with Gasteiger partial charge in [-0.05, 0) is 38.1 Å². The minimum absolute atomic E-state index is 0.0521. The van der Waals surface area contributed by atoms with E-state index in [-0.39, 0.29) is 29.3 Å². The molecule has 0 saturated heterocycles. The van der Waals surface area contributed by atoms with Gasteiger partial charge in [0.15, 0.2) is 5.78 Å². The smallest absolute Gasteiger partial charge is 0.174 e. The van der Waals surface area contributed by atoms with Crippen molar-refractivity contribution < 1.29 is 29.2 Å². The molecule has 1 atom stereocenters. The predicted molar refractivity (Wildman–Crippen MR) is 98.8 cm³/mol. The zero-order chi connectivity index (χ0) is 19.3. The molecule has 2 aromatic carbocycles. The highest BCUT2D eigenvalue weighted by Crippen LogP contribution is 2.49. The maximum absolute atomic E-state index is 12.8. The first-order valence-electron chi connectivity index (χ1n) is 8.64. The second kappa shape index (κ2) is 5.94. The van der Waals surface area contributed by atoms with Crippen molar-refractivity contribution in [3.8, 4) is 28.7 Å². The summed E-state index contributed by atoms with van der Waals surface area (Å²) >= 11 is 0. The number of carbonyl (C=O) groups is 1. The van der Waals surface area contributed by atoms with Crippen LogP contribution in [0.2, 0.25) is 0 Å². The van der Waals surface area contributed by atoms with Crippen molar-refractivity contribution in [1.29, 1.82) is 0 Å². The highest BCUT2D eigenvalue weighted by atomic mass is 16.5. The largest absolute Gasteiger partial charge is 0.508 e. The van der Waals surface area contributed by atoms with Gasteiger partial charge in [0.25, 0.3) is 0 Å². The molecule has 0 spiro atoms. The van der Waals surface area contributed by atoms with Crippen molar-refractivity contribution in [1.82, 2.24) is 0 Å². The fourth-order valence-electron chi connectivity index (χ4n) is 3.47. The molecule has 2 heterocycles. The number of hydrogen-bond donors (Lipinski definition) is 2. The number of rotatable bonds is 2. The number of phenolic OH excluding ortho intramolecular Hbond substituents is 2. The van der Waals surface area contributed by atoms with Crippen molar-refractivity contribution in [2.24, 2.45) is 0 Å².